The maximum absolute atomic E-state index is 10.9. The summed E-state index contributed by atoms with van der Waals surface area (Å²) in [6.07, 6.45) is 0.955. The number of amides is 1. The van der Waals surface area contributed by atoms with E-state index in [1.54, 1.807) is 0 Å². The van der Waals surface area contributed by atoms with Crippen LogP contribution in [0.3, 0.4) is 0 Å². The Morgan fingerprint density at radius 3 is 2.64 bits per heavy atom. The van der Waals surface area contributed by atoms with E-state index in [2.05, 4.69) is 12.2 Å². The van der Waals surface area contributed by atoms with Crippen LogP contribution in [0, 0.1) is 6.92 Å². The molecule has 1 aromatic rings. The molecule has 3 nitrogen and oxygen atoms in total. The third-order valence-electron chi connectivity index (χ3n) is 2.20. The van der Waals surface area contributed by atoms with Gasteiger partial charge in [-0.25, -0.2) is 0 Å². The number of nitrogen functional groups attached to an aromatic ring is 1. The summed E-state index contributed by atoms with van der Waals surface area (Å²) in [6.45, 7) is 5.58. The number of carbonyl (C=O) groups excluding carboxylic acids is 1. The summed E-state index contributed by atoms with van der Waals surface area (Å²) in [5, 5.41) is 2.70. The number of aryl methyl sites for hydroxylation is 2. The first-order valence-electron chi connectivity index (χ1n) is 4.71. The minimum absolute atomic E-state index is 0.0969. The highest BCUT2D eigenvalue weighted by Gasteiger charge is 2.04. The fourth-order valence-electron chi connectivity index (χ4n) is 1.45. The van der Waals surface area contributed by atoms with Gasteiger partial charge < -0.3 is 11.1 Å². The Bertz CT molecular complexity index is 359. The van der Waals surface area contributed by atoms with Crippen LogP contribution >= 0.6 is 0 Å². The second-order valence-corrected chi connectivity index (χ2v) is 3.40. The van der Waals surface area contributed by atoms with Crippen LogP contribution in [-0.2, 0) is 11.2 Å². The molecule has 0 aliphatic heterocycles. The van der Waals surface area contributed by atoms with Crippen LogP contribution in [-0.4, -0.2) is 5.91 Å². The second-order valence-electron chi connectivity index (χ2n) is 3.40. The molecular weight excluding hydrogens is 176 g/mol. The van der Waals surface area contributed by atoms with Crippen molar-refractivity contribution in [3.8, 4) is 0 Å². The van der Waals surface area contributed by atoms with Crippen molar-refractivity contribution in [2.24, 2.45) is 0 Å². The van der Waals surface area contributed by atoms with Gasteiger partial charge in [-0.3, -0.25) is 4.79 Å². The van der Waals surface area contributed by atoms with Gasteiger partial charge in [0.05, 0.1) is 11.4 Å². The van der Waals surface area contributed by atoms with Crippen molar-refractivity contribution in [1.82, 2.24) is 0 Å². The predicted octanol–water partition coefficient (Wildman–Crippen LogP) is 2.10. The zero-order valence-electron chi connectivity index (χ0n) is 8.85. The number of nitrogens with two attached hydrogens (primary N) is 1. The van der Waals surface area contributed by atoms with E-state index in [0.29, 0.717) is 11.4 Å². The third kappa shape index (κ3) is 2.25. The van der Waals surface area contributed by atoms with Crippen LogP contribution in [0.1, 0.15) is 25.0 Å². The Hall–Kier alpha value is -1.51. The number of hydrogen-bond donors (Lipinski definition) is 2. The van der Waals surface area contributed by atoms with Crippen molar-refractivity contribution >= 4 is 17.3 Å². The zero-order chi connectivity index (χ0) is 10.7. The maximum Gasteiger partial charge on any atom is 0.221 e. The van der Waals surface area contributed by atoms with Crippen molar-refractivity contribution in [2.75, 3.05) is 11.1 Å². The third-order valence-corrected chi connectivity index (χ3v) is 2.20. The zero-order valence-corrected chi connectivity index (χ0v) is 8.85. The number of carbonyl (C=O) groups is 1. The average Bonchev–Trinajstić information content (AvgIpc) is 2.10. The monoisotopic (exact) mass is 192 g/mol. The van der Waals surface area contributed by atoms with Gasteiger partial charge in [-0.05, 0) is 36.6 Å². The largest absolute Gasteiger partial charge is 0.397 e. The summed E-state index contributed by atoms with van der Waals surface area (Å²) in [7, 11) is 0. The topological polar surface area (TPSA) is 55.1 Å². The molecule has 3 heteroatoms. The SMILES string of the molecule is CCc1cc(N)c(NC(C)=O)cc1C. The van der Waals surface area contributed by atoms with Crippen molar-refractivity contribution in [2.45, 2.75) is 27.2 Å². The molecule has 0 saturated heterocycles. The molecule has 0 fully saturated rings. The lowest BCUT2D eigenvalue weighted by molar-refractivity contribution is -0.114. The first-order chi connectivity index (χ1) is 6.54. The summed E-state index contributed by atoms with van der Waals surface area (Å²) in [6, 6.07) is 3.83. The Balaban J connectivity index is 3.08. The van der Waals surface area contributed by atoms with Gasteiger partial charge in [0.2, 0.25) is 5.91 Å². The van der Waals surface area contributed by atoms with Crippen LogP contribution in [0.5, 0.6) is 0 Å². The van der Waals surface area contributed by atoms with Gasteiger partial charge in [0.15, 0.2) is 0 Å². The molecule has 1 amide bonds. The summed E-state index contributed by atoms with van der Waals surface area (Å²) >= 11 is 0. The summed E-state index contributed by atoms with van der Waals surface area (Å²) < 4.78 is 0. The lowest BCUT2D eigenvalue weighted by Gasteiger charge is -2.10. The Morgan fingerprint density at radius 1 is 1.50 bits per heavy atom. The molecule has 0 heterocycles. The van der Waals surface area contributed by atoms with Crippen LogP contribution < -0.4 is 11.1 Å². The van der Waals surface area contributed by atoms with E-state index >= 15 is 0 Å². The van der Waals surface area contributed by atoms with E-state index in [9.17, 15) is 4.79 Å². The van der Waals surface area contributed by atoms with Crippen molar-refractivity contribution in [1.29, 1.82) is 0 Å². The molecule has 0 radical (unpaired) electrons. The minimum atomic E-state index is -0.0969. The molecule has 0 bridgehead atoms. The molecular formula is C11H16N2O. The number of hydrogen-bond acceptors (Lipinski definition) is 2. The van der Waals surface area contributed by atoms with Crippen molar-refractivity contribution in [3.63, 3.8) is 0 Å². The molecule has 0 spiro atoms. The number of benzene rings is 1. The first-order valence-corrected chi connectivity index (χ1v) is 4.71. The second kappa shape index (κ2) is 4.13. The van der Waals surface area contributed by atoms with E-state index < -0.39 is 0 Å². The molecule has 0 aliphatic carbocycles. The highest BCUT2D eigenvalue weighted by molar-refractivity contribution is 5.92. The molecule has 3 N–H and O–H groups in total. The molecule has 76 valence electrons. The Morgan fingerprint density at radius 2 is 2.14 bits per heavy atom. The lowest BCUT2D eigenvalue weighted by Crippen LogP contribution is -2.08. The van der Waals surface area contributed by atoms with Gasteiger partial charge in [0.25, 0.3) is 0 Å². The van der Waals surface area contributed by atoms with Crippen LogP contribution in [0.4, 0.5) is 11.4 Å². The normalized spacial score (nSPS) is 9.93. The summed E-state index contributed by atoms with van der Waals surface area (Å²) in [5.74, 6) is -0.0969. The fraction of sp³-hybridized carbons (Fsp3) is 0.364. The van der Waals surface area contributed by atoms with E-state index in [1.165, 1.54) is 12.5 Å². The van der Waals surface area contributed by atoms with Gasteiger partial charge in [-0.15, -0.1) is 0 Å². The first kappa shape index (κ1) is 10.6. The van der Waals surface area contributed by atoms with Crippen LogP contribution in [0.25, 0.3) is 0 Å². The van der Waals surface area contributed by atoms with Crippen molar-refractivity contribution < 1.29 is 4.79 Å². The number of nitrogens with one attached hydrogen (secondary N) is 1. The van der Waals surface area contributed by atoms with Crippen LogP contribution in [0.2, 0.25) is 0 Å². The minimum Gasteiger partial charge on any atom is -0.397 e. The van der Waals surface area contributed by atoms with Gasteiger partial charge in [0.1, 0.15) is 0 Å². The van der Waals surface area contributed by atoms with E-state index in [0.717, 1.165) is 12.0 Å². The van der Waals surface area contributed by atoms with E-state index in [1.807, 2.05) is 19.1 Å². The fourth-order valence-corrected chi connectivity index (χ4v) is 1.45. The quantitative estimate of drug-likeness (QED) is 0.705. The van der Waals surface area contributed by atoms with E-state index in [-0.39, 0.29) is 5.91 Å². The van der Waals surface area contributed by atoms with Gasteiger partial charge >= 0.3 is 0 Å². The highest BCUT2D eigenvalue weighted by atomic mass is 16.1. The molecule has 0 aliphatic rings. The van der Waals surface area contributed by atoms with Gasteiger partial charge in [0, 0.05) is 6.92 Å². The molecule has 1 aromatic carbocycles. The number of rotatable bonds is 2. The van der Waals surface area contributed by atoms with Gasteiger partial charge in [-0.2, -0.15) is 0 Å². The highest BCUT2D eigenvalue weighted by Crippen LogP contribution is 2.23. The maximum atomic E-state index is 10.9. The van der Waals surface area contributed by atoms with Crippen molar-refractivity contribution in [3.05, 3.63) is 23.3 Å². The molecule has 0 aromatic heterocycles. The Labute approximate surface area is 84.3 Å². The van der Waals surface area contributed by atoms with Gasteiger partial charge in [-0.1, -0.05) is 6.92 Å². The smallest absolute Gasteiger partial charge is 0.221 e. The van der Waals surface area contributed by atoms with Crippen LogP contribution in [0.15, 0.2) is 12.1 Å². The molecule has 14 heavy (non-hydrogen) atoms. The molecule has 0 unspecified atom stereocenters. The lowest BCUT2D eigenvalue weighted by atomic mass is 10.0. The summed E-state index contributed by atoms with van der Waals surface area (Å²) in [5.41, 5.74) is 9.50. The molecule has 1 rings (SSSR count). The molecule has 0 saturated carbocycles. The average molecular weight is 192 g/mol. The van der Waals surface area contributed by atoms with E-state index in [4.69, 9.17) is 5.73 Å². The number of anilines is 2. The predicted molar refractivity (Wildman–Crippen MR) is 59.3 cm³/mol. The standard InChI is InChI=1S/C11H16N2O/c1-4-9-6-10(12)11(5-7(9)2)13-8(3)14/h5-6H,4,12H2,1-3H3,(H,13,14). The Kier molecular flexibility index (Phi) is 3.12. The molecule has 0 atom stereocenters. The summed E-state index contributed by atoms with van der Waals surface area (Å²) in [4.78, 5) is 10.9.